The molecule has 0 fully saturated rings. The van der Waals surface area contributed by atoms with Gasteiger partial charge >= 0.3 is 0 Å². The van der Waals surface area contributed by atoms with Gasteiger partial charge in [0.2, 0.25) is 5.95 Å². The zero-order chi connectivity index (χ0) is 14.8. The van der Waals surface area contributed by atoms with Crippen molar-refractivity contribution in [1.29, 1.82) is 0 Å². The van der Waals surface area contributed by atoms with Gasteiger partial charge in [0.15, 0.2) is 0 Å². The molecule has 4 nitrogen and oxygen atoms in total. The summed E-state index contributed by atoms with van der Waals surface area (Å²) >= 11 is 6.04. The summed E-state index contributed by atoms with van der Waals surface area (Å²) in [7, 11) is 1.73. The van der Waals surface area contributed by atoms with Gasteiger partial charge in [-0.2, -0.15) is 4.98 Å². The number of benzene rings is 2. The molecule has 6 heteroatoms. The number of para-hydroxylation sites is 2. The lowest BCUT2D eigenvalue weighted by molar-refractivity contribution is 0.632. The van der Waals surface area contributed by atoms with Crippen LogP contribution >= 0.6 is 11.6 Å². The Morgan fingerprint density at radius 2 is 1.86 bits per heavy atom. The van der Waals surface area contributed by atoms with Crippen LogP contribution in [0.2, 0.25) is 5.02 Å². The molecular formula is C15H12ClFN4. The first-order chi connectivity index (χ1) is 10.2. The van der Waals surface area contributed by atoms with E-state index in [9.17, 15) is 4.39 Å². The third kappa shape index (κ3) is 2.60. The van der Waals surface area contributed by atoms with E-state index in [0.717, 1.165) is 10.9 Å². The maximum Gasteiger partial charge on any atom is 0.224 e. The number of aromatic nitrogens is 2. The molecule has 1 heterocycles. The monoisotopic (exact) mass is 302 g/mol. The number of halogens is 2. The van der Waals surface area contributed by atoms with Crippen LogP contribution in [0.4, 0.5) is 21.8 Å². The Hall–Kier alpha value is -2.40. The predicted octanol–water partition coefficient (Wildman–Crippen LogP) is 4.21. The van der Waals surface area contributed by atoms with Crippen molar-refractivity contribution >= 4 is 40.0 Å². The lowest BCUT2D eigenvalue weighted by atomic mass is 10.2. The number of anilines is 3. The van der Waals surface area contributed by atoms with Crippen LogP contribution in [0.3, 0.4) is 0 Å². The van der Waals surface area contributed by atoms with E-state index < -0.39 is 5.82 Å². The molecule has 3 rings (SSSR count). The third-order valence-electron chi connectivity index (χ3n) is 3.03. The second-order valence-corrected chi connectivity index (χ2v) is 4.79. The fraction of sp³-hybridized carbons (Fsp3) is 0.0667. The molecule has 0 spiro atoms. The third-order valence-corrected chi connectivity index (χ3v) is 3.35. The minimum Gasteiger partial charge on any atom is -0.357 e. The maximum atomic E-state index is 13.9. The molecule has 0 saturated heterocycles. The lowest BCUT2D eigenvalue weighted by Crippen LogP contribution is -2.03. The first kappa shape index (κ1) is 13.6. The summed E-state index contributed by atoms with van der Waals surface area (Å²) in [4.78, 5) is 8.69. The maximum absolute atomic E-state index is 13.9. The molecule has 0 saturated carbocycles. The molecule has 106 valence electrons. The molecule has 0 aliphatic rings. The Kier molecular flexibility index (Phi) is 3.58. The minimum atomic E-state index is -0.434. The zero-order valence-electron chi connectivity index (χ0n) is 11.2. The second-order valence-electron chi connectivity index (χ2n) is 4.38. The molecule has 2 aromatic carbocycles. The number of hydrogen-bond donors (Lipinski definition) is 2. The molecule has 0 unspecified atom stereocenters. The molecule has 0 amide bonds. The van der Waals surface area contributed by atoms with E-state index in [-0.39, 0.29) is 5.69 Å². The van der Waals surface area contributed by atoms with Crippen molar-refractivity contribution in [3.63, 3.8) is 0 Å². The van der Waals surface area contributed by atoms with Crippen LogP contribution in [0.1, 0.15) is 0 Å². The highest BCUT2D eigenvalue weighted by atomic mass is 35.5. The Morgan fingerprint density at radius 3 is 2.62 bits per heavy atom. The topological polar surface area (TPSA) is 49.8 Å². The number of nitrogens with one attached hydrogen (secondary N) is 2. The summed E-state index contributed by atoms with van der Waals surface area (Å²) in [6.45, 7) is 0. The highest BCUT2D eigenvalue weighted by molar-refractivity contribution is 6.33. The fourth-order valence-corrected chi connectivity index (χ4v) is 2.23. The van der Waals surface area contributed by atoms with E-state index in [1.54, 1.807) is 19.2 Å². The van der Waals surface area contributed by atoms with Crippen LogP contribution in [-0.4, -0.2) is 17.0 Å². The van der Waals surface area contributed by atoms with Crippen molar-refractivity contribution in [3.8, 4) is 0 Å². The minimum absolute atomic E-state index is 0.199. The van der Waals surface area contributed by atoms with Crippen molar-refractivity contribution in [2.75, 3.05) is 17.7 Å². The van der Waals surface area contributed by atoms with E-state index in [1.165, 1.54) is 6.07 Å². The van der Waals surface area contributed by atoms with Gasteiger partial charge in [0.05, 0.1) is 16.2 Å². The van der Waals surface area contributed by atoms with Gasteiger partial charge in [-0.05, 0) is 24.3 Å². The van der Waals surface area contributed by atoms with Gasteiger partial charge in [0, 0.05) is 12.4 Å². The van der Waals surface area contributed by atoms with Crippen molar-refractivity contribution < 1.29 is 4.39 Å². The van der Waals surface area contributed by atoms with E-state index in [2.05, 4.69) is 20.6 Å². The van der Waals surface area contributed by atoms with Gasteiger partial charge in [0.1, 0.15) is 11.6 Å². The number of rotatable bonds is 3. The first-order valence-electron chi connectivity index (χ1n) is 6.34. The smallest absolute Gasteiger partial charge is 0.224 e. The summed E-state index contributed by atoms with van der Waals surface area (Å²) in [6, 6.07) is 12.0. The van der Waals surface area contributed by atoms with Crippen LogP contribution < -0.4 is 10.6 Å². The van der Waals surface area contributed by atoms with Gasteiger partial charge in [-0.25, -0.2) is 9.37 Å². The summed E-state index contributed by atoms with van der Waals surface area (Å²) in [6.07, 6.45) is 0. The Balaban J connectivity index is 2.16. The summed E-state index contributed by atoms with van der Waals surface area (Å²) in [5.74, 6) is 0.511. The average Bonchev–Trinajstić information content (AvgIpc) is 2.50. The number of nitrogens with zero attached hydrogens (tertiary/aromatic N) is 2. The molecule has 0 aliphatic heterocycles. The van der Waals surface area contributed by atoms with E-state index in [4.69, 9.17) is 11.6 Å². The molecule has 0 radical (unpaired) electrons. The van der Waals surface area contributed by atoms with Crippen LogP contribution in [0, 0.1) is 5.82 Å². The molecule has 3 aromatic rings. The van der Waals surface area contributed by atoms with E-state index in [0.29, 0.717) is 16.8 Å². The molecule has 21 heavy (non-hydrogen) atoms. The summed E-state index contributed by atoms with van der Waals surface area (Å²) < 4.78 is 13.9. The van der Waals surface area contributed by atoms with Crippen LogP contribution in [0.25, 0.3) is 10.9 Å². The van der Waals surface area contributed by atoms with Crippen LogP contribution in [0.5, 0.6) is 0 Å². The zero-order valence-corrected chi connectivity index (χ0v) is 11.9. The van der Waals surface area contributed by atoms with Crippen molar-refractivity contribution in [3.05, 3.63) is 53.3 Å². The van der Waals surface area contributed by atoms with Gasteiger partial charge < -0.3 is 10.6 Å². The van der Waals surface area contributed by atoms with Gasteiger partial charge in [0.25, 0.3) is 0 Å². The Morgan fingerprint density at radius 1 is 1.05 bits per heavy atom. The molecule has 0 bridgehead atoms. The predicted molar refractivity (Wildman–Crippen MR) is 83.8 cm³/mol. The quantitative estimate of drug-likeness (QED) is 0.761. The van der Waals surface area contributed by atoms with Gasteiger partial charge in [-0.1, -0.05) is 29.8 Å². The highest BCUT2D eigenvalue weighted by Crippen LogP contribution is 2.30. The van der Waals surface area contributed by atoms with Gasteiger partial charge in [-0.3, -0.25) is 0 Å². The SMILES string of the molecule is CNc1nc(Nc2c(F)cccc2Cl)c2ccccc2n1. The molecular weight excluding hydrogens is 291 g/mol. The van der Waals surface area contributed by atoms with E-state index >= 15 is 0 Å². The highest BCUT2D eigenvalue weighted by Gasteiger charge is 2.11. The normalized spacial score (nSPS) is 10.6. The van der Waals surface area contributed by atoms with Crippen molar-refractivity contribution in [1.82, 2.24) is 9.97 Å². The second kappa shape index (κ2) is 5.54. The molecule has 0 aliphatic carbocycles. The number of fused-ring (bicyclic) bond motifs is 1. The van der Waals surface area contributed by atoms with Crippen LogP contribution in [-0.2, 0) is 0 Å². The van der Waals surface area contributed by atoms with Crippen molar-refractivity contribution in [2.45, 2.75) is 0 Å². The fourth-order valence-electron chi connectivity index (χ4n) is 2.02. The van der Waals surface area contributed by atoms with Gasteiger partial charge in [-0.15, -0.1) is 0 Å². The first-order valence-corrected chi connectivity index (χ1v) is 6.72. The summed E-state index contributed by atoms with van der Waals surface area (Å²) in [5.41, 5.74) is 0.955. The molecule has 1 aromatic heterocycles. The van der Waals surface area contributed by atoms with Crippen LogP contribution in [0.15, 0.2) is 42.5 Å². The summed E-state index contributed by atoms with van der Waals surface area (Å²) in [5, 5.41) is 6.93. The molecule has 2 N–H and O–H groups in total. The average molecular weight is 303 g/mol. The standard InChI is InChI=1S/C15H12ClFN4/c1-18-15-19-12-8-3-2-5-9(12)14(21-15)20-13-10(16)6-4-7-11(13)17/h2-8H,1H3,(H2,18,19,20,21). The number of hydrogen-bond acceptors (Lipinski definition) is 4. The largest absolute Gasteiger partial charge is 0.357 e. The molecule has 0 atom stereocenters. The Labute approximate surface area is 126 Å². The lowest BCUT2D eigenvalue weighted by Gasteiger charge is -2.12. The van der Waals surface area contributed by atoms with E-state index in [1.807, 2.05) is 24.3 Å². The Bertz CT molecular complexity index is 787. The van der Waals surface area contributed by atoms with Crippen molar-refractivity contribution in [2.24, 2.45) is 0 Å².